The summed E-state index contributed by atoms with van der Waals surface area (Å²) in [6.07, 6.45) is 5.33. The standard InChI is InChI=1S/C10H12N4OS/c1-7-9(14(2)6-13-7)8-4-11-10(12-5-8)16-15-3/h4-6H,1-3H3. The Morgan fingerprint density at radius 1 is 1.25 bits per heavy atom. The summed E-state index contributed by atoms with van der Waals surface area (Å²) in [6, 6.07) is 0. The lowest BCUT2D eigenvalue weighted by atomic mass is 10.2. The average molecular weight is 236 g/mol. The van der Waals surface area contributed by atoms with Crippen LogP contribution in [0.5, 0.6) is 0 Å². The number of hydrogen-bond acceptors (Lipinski definition) is 5. The van der Waals surface area contributed by atoms with Gasteiger partial charge >= 0.3 is 0 Å². The van der Waals surface area contributed by atoms with Crippen LogP contribution < -0.4 is 0 Å². The highest BCUT2D eigenvalue weighted by Gasteiger charge is 2.08. The molecule has 2 rings (SSSR count). The zero-order valence-corrected chi connectivity index (χ0v) is 10.2. The van der Waals surface area contributed by atoms with Gasteiger partial charge in [0.15, 0.2) is 0 Å². The minimum absolute atomic E-state index is 0.603. The van der Waals surface area contributed by atoms with Gasteiger partial charge in [-0.3, -0.25) is 0 Å². The van der Waals surface area contributed by atoms with E-state index in [0.717, 1.165) is 29.0 Å². The van der Waals surface area contributed by atoms with Gasteiger partial charge in [0.1, 0.15) is 0 Å². The number of aromatic nitrogens is 4. The SMILES string of the molecule is COSc1ncc(-c2c(C)ncn2C)cn1. The summed E-state index contributed by atoms with van der Waals surface area (Å²) in [5.74, 6) is 0. The Balaban J connectivity index is 2.35. The van der Waals surface area contributed by atoms with Gasteiger partial charge in [-0.15, -0.1) is 0 Å². The van der Waals surface area contributed by atoms with E-state index in [1.807, 2.05) is 18.5 Å². The van der Waals surface area contributed by atoms with Crippen molar-refractivity contribution in [2.24, 2.45) is 7.05 Å². The van der Waals surface area contributed by atoms with Gasteiger partial charge in [0.2, 0.25) is 5.16 Å². The average Bonchev–Trinajstić information content (AvgIpc) is 2.61. The lowest BCUT2D eigenvalue weighted by Gasteiger charge is -2.03. The molecule has 0 N–H and O–H groups in total. The summed E-state index contributed by atoms with van der Waals surface area (Å²) >= 11 is 1.14. The molecule has 0 bridgehead atoms. The molecule has 0 saturated carbocycles. The van der Waals surface area contributed by atoms with E-state index in [1.54, 1.807) is 25.8 Å². The summed E-state index contributed by atoms with van der Waals surface area (Å²) < 4.78 is 6.84. The summed E-state index contributed by atoms with van der Waals surface area (Å²) in [7, 11) is 3.54. The van der Waals surface area contributed by atoms with Crippen LogP contribution in [-0.2, 0) is 11.2 Å². The second kappa shape index (κ2) is 4.63. The van der Waals surface area contributed by atoms with E-state index < -0.39 is 0 Å². The van der Waals surface area contributed by atoms with Gasteiger partial charge < -0.3 is 8.75 Å². The Labute approximate surface area is 98.1 Å². The summed E-state index contributed by atoms with van der Waals surface area (Å²) in [4.78, 5) is 12.6. The molecule has 0 amide bonds. The van der Waals surface area contributed by atoms with Crippen LogP contribution in [0.15, 0.2) is 23.9 Å². The second-order valence-electron chi connectivity index (χ2n) is 3.29. The molecule has 0 aliphatic heterocycles. The molecule has 0 fully saturated rings. The van der Waals surface area contributed by atoms with Crippen molar-refractivity contribution in [3.8, 4) is 11.3 Å². The maximum absolute atomic E-state index is 4.88. The number of nitrogens with zero attached hydrogens (tertiary/aromatic N) is 4. The van der Waals surface area contributed by atoms with Crippen LogP contribution in [0.4, 0.5) is 0 Å². The van der Waals surface area contributed by atoms with Gasteiger partial charge in [-0.2, -0.15) is 0 Å². The van der Waals surface area contributed by atoms with Crippen molar-refractivity contribution in [2.45, 2.75) is 12.1 Å². The molecular weight excluding hydrogens is 224 g/mol. The highest BCUT2D eigenvalue weighted by Crippen LogP contribution is 2.21. The van der Waals surface area contributed by atoms with Crippen molar-refractivity contribution in [2.75, 3.05) is 7.11 Å². The van der Waals surface area contributed by atoms with Crippen LogP contribution in [0.25, 0.3) is 11.3 Å². The van der Waals surface area contributed by atoms with E-state index in [4.69, 9.17) is 4.18 Å². The van der Waals surface area contributed by atoms with Gasteiger partial charge in [-0.25, -0.2) is 15.0 Å². The van der Waals surface area contributed by atoms with Gasteiger partial charge in [-0.05, 0) is 6.92 Å². The third kappa shape index (κ3) is 2.07. The molecule has 0 saturated heterocycles. The maximum Gasteiger partial charge on any atom is 0.215 e. The molecule has 0 unspecified atom stereocenters. The fraction of sp³-hybridized carbons (Fsp3) is 0.300. The zero-order valence-electron chi connectivity index (χ0n) is 9.34. The molecule has 0 aliphatic rings. The molecule has 0 atom stereocenters. The number of hydrogen-bond donors (Lipinski definition) is 0. The smallest absolute Gasteiger partial charge is 0.215 e. The van der Waals surface area contributed by atoms with Crippen molar-refractivity contribution in [3.63, 3.8) is 0 Å². The normalized spacial score (nSPS) is 10.7. The van der Waals surface area contributed by atoms with Gasteiger partial charge in [0.25, 0.3) is 0 Å². The Kier molecular flexibility index (Phi) is 3.21. The van der Waals surface area contributed by atoms with Crippen LogP contribution in [-0.4, -0.2) is 26.6 Å². The molecule has 0 spiro atoms. The summed E-state index contributed by atoms with van der Waals surface area (Å²) in [6.45, 7) is 1.97. The topological polar surface area (TPSA) is 52.8 Å². The van der Waals surface area contributed by atoms with E-state index in [1.165, 1.54) is 0 Å². The Hall–Kier alpha value is -1.40. The number of imidazole rings is 1. The van der Waals surface area contributed by atoms with Gasteiger partial charge in [0, 0.05) is 25.0 Å². The first-order valence-corrected chi connectivity index (χ1v) is 5.47. The van der Waals surface area contributed by atoms with Gasteiger partial charge in [0.05, 0.1) is 36.9 Å². The second-order valence-corrected chi connectivity index (χ2v) is 4.16. The number of aryl methyl sites for hydroxylation is 2. The van der Waals surface area contributed by atoms with Crippen LogP contribution in [0.1, 0.15) is 5.69 Å². The molecule has 0 radical (unpaired) electrons. The first-order valence-electron chi connectivity index (χ1n) is 4.73. The lowest BCUT2D eigenvalue weighted by molar-refractivity contribution is 0.486. The quantitative estimate of drug-likeness (QED) is 0.601. The highest BCUT2D eigenvalue weighted by atomic mass is 32.2. The number of rotatable bonds is 3. The summed E-state index contributed by atoms with van der Waals surface area (Å²) in [5, 5.41) is 0.603. The van der Waals surface area contributed by atoms with E-state index >= 15 is 0 Å². The lowest BCUT2D eigenvalue weighted by Crippen LogP contribution is -1.94. The molecule has 0 aromatic carbocycles. The monoisotopic (exact) mass is 236 g/mol. The molecule has 5 nitrogen and oxygen atoms in total. The minimum atomic E-state index is 0.603. The Morgan fingerprint density at radius 2 is 1.94 bits per heavy atom. The Bertz CT molecular complexity index is 461. The summed E-state index contributed by atoms with van der Waals surface area (Å²) in [5.41, 5.74) is 2.96. The van der Waals surface area contributed by atoms with Crippen LogP contribution in [0.2, 0.25) is 0 Å². The first-order chi connectivity index (χ1) is 7.72. The maximum atomic E-state index is 4.88. The van der Waals surface area contributed by atoms with Crippen molar-refractivity contribution >= 4 is 12.0 Å². The predicted octanol–water partition coefficient (Wildman–Crippen LogP) is 1.84. The fourth-order valence-corrected chi connectivity index (χ4v) is 1.86. The van der Waals surface area contributed by atoms with Crippen molar-refractivity contribution in [1.82, 2.24) is 19.5 Å². The van der Waals surface area contributed by atoms with Crippen LogP contribution >= 0.6 is 12.0 Å². The molecule has 2 aromatic heterocycles. The zero-order chi connectivity index (χ0) is 11.5. The molecule has 6 heteroatoms. The van der Waals surface area contributed by atoms with Crippen LogP contribution in [0.3, 0.4) is 0 Å². The van der Waals surface area contributed by atoms with E-state index in [9.17, 15) is 0 Å². The third-order valence-corrected chi connectivity index (χ3v) is 2.71. The van der Waals surface area contributed by atoms with Crippen molar-refractivity contribution in [3.05, 3.63) is 24.4 Å². The first kappa shape index (κ1) is 11.1. The van der Waals surface area contributed by atoms with E-state index in [2.05, 4.69) is 15.0 Å². The largest absolute Gasteiger partial charge is 0.333 e. The predicted molar refractivity (Wildman–Crippen MR) is 61.8 cm³/mol. The van der Waals surface area contributed by atoms with Crippen molar-refractivity contribution < 1.29 is 4.18 Å². The minimum Gasteiger partial charge on any atom is -0.333 e. The van der Waals surface area contributed by atoms with Crippen molar-refractivity contribution in [1.29, 1.82) is 0 Å². The highest BCUT2D eigenvalue weighted by molar-refractivity contribution is 7.94. The van der Waals surface area contributed by atoms with Crippen LogP contribution in [0, 0.1) is 6.92 Å². The third-order valence-electron chi connectivity index (χ3n) is 2.18. The molecule has 84 valence electrons. The van der Waals surface area contributed by atoms with E-state index in [0.29, 0.717) is 5.16 Å². The van der Waals surface area contributed by atoms with E-state index in [-0.39, 0.29) is 0 Å². The molecular formula is C10H12N4OS. The molecule has 2 aromatic rings. The Morgan fingerprint density at radius 3 is 2.44 bits per heavy atom. The molecule has 0 aliphatic carbocycles. The fourth-order valence-electron chi connectivity index (χ4n) is 1.52. The molecule has 2 heterocycles. The molecule has 16 heavy (non-hydrogen) atoms. The van der Waals surface area contributed by atoms with Gasteiger partial charge in [-0.1, -0.05) is 0 Å².